The number of ether oxygens (including phenoxy) is 2. The molecule has 2 aromatic carbocycles. The highest BCUT2D eigenvalue weighted by atomic mass is 32.1. The first-order valence-electron chi connectivity index (χ1n) is 8.30. The Balaban J connectivity index is 1.86. The van der Waals surface area contributed by atoms with Crippen LogP contribution in [0.25, 0.3) is 15.9 Å². The maximum Gasteiger partial charge on any atom is 0.283 e. The van der Waals surface area contributed by atoms with Gasteiger partial charge in [-0.05, 0) is 37.1 Å². The molecule has 0 atom stereocenters. The van der Waals surface area contributed by atoms with Crippen molar-refractivity contribution in [3.8, 4) is 11.5 Å². The van der Waals surface area contributed by atoms with Crippen LogP contribution in [0.1, 0.15) is 11.1 Å². The summed E-state index contributed by atoms with van der Waals surface area (Å²) in [5.74, 6) is 1.01. The monoisotopic (exact) mass is 382 g/mol. The van der Waals surface area contributed by atoms with Crippen LogP contribution in [0.2, 0.25) is 0 Å². The summed E-state index contributed by atoms with van der Waals surface area (Å²) in [7, 11) is 3.08. The van der Waals surface area contributed by atoms with Crippen molar-refractivity contribution in [2.45, 2.75) is 13.8 Å². The lowest BCUT2D eigenvalue weighted by atomic mass is 10.1. The molecular formula is C19H18N4O3S. The van der Waals surface area contributed by atoms with Gasteiger partial charge in [-0.1, -0.05) is 23.5 Å². The predicted molar refractivity (Wildman–Crippen MR) is 107 cm³/mol. The van der Waals surface area contributed by atoms with E-state index in [1.165, 1.54) is 28.5 Å². The summed E-state index contributed by atoms with van der Waals surface area (Å²) < 4.78 is 11.9. The zero-order valence-corrected chi connectivity index (χ0v) is 16.2. The van der Waals surface area contributed by atoms with E-state index in [-0.39, 0.29) is 5.56 Å². The molecule has 0 unspecified atom stereocenters. The number of aryl methyl sites for hydroxylation is 1. The largest absolute Gasteiger partial charge is 0.493 e. The maximum absolute atomic E-state index is 12.9. The third kappa shape index (κ3) is 2.87. The van der Waals surface area contributed by atoms with Crippen molar-refractivity contribution in [3.05, 3.63) is 51.8 Å². The van der Waals surface area contributed by atoms with Crippen molar-refractivity contribution < 1.29 is 9.47 Å². The molecule has 0 aliphatic heterocycles. The molecule has 0 aliphatic rings. The third-order valence-corrected chi connectivity index (χ3v) is 5.37. The number of hydrogen-bond donors (Lipinski definition) is 1. The first kappa shape index (κ1) is 17.3. The Hall–Kier alpha value is -3.13. The minimum atomic E-state index is -0.249. The van der Waals surface area contributed by atoms with E-state index in [2.05, 4.69) is 28.4 Å². The molecule has 0 saturated carbocycles. The summed E-state index contributed by atoms with van der Waals surface area (Å²) in [4.78, 5) is 18.0. The Labute approximate surface area is 159 Å². The van der Waals surface area contributed by atoms with Crippen LogP contribution in [-0.4, -0.2) is 28.8 Å². The molecule has 8 heteroatoms. The Morgan fingerprint density at radius 2 is 1.85 bits per heavy atom. The van der Waals surface area contributed by atoms with Gasteiger partial charge in [0.25, 0.3) is 5.56 Å². The molecule has 138 valence electrons. The highest BCUT2D eigenvalue weighted by Crippen LogP contribution is 2.31. The fraction of sp³-hybridized carbons (Fsp3) is 0.211. The molecule has 2 aromatic heterocycles. The SMILES string of the molecule is COc1cc2nc3sc(Nc4cccc(C)c4C)nn3c(=O)c2cc1OC. The van der Waals surface area contributed by atoms with E-state index in [9.17, 15) is 4.79 Å². The quantitative estimate of drug-likeness (QED) is 0.580. The van der Waals surface area contributed by atoms with Crippen molar-refractivity contribution >= 4 is 38.0 Å². The molecule has 4 rings (SSSR count). The van der Waals surface area contributed by atoms with Crippen LogP contribution < -0.4 is 20.3 Å². The smallest absolute Gasteiger partial charge is 0.283 e. The zero-order valence-electron chi connectivity index (χ0n) is 15.4. The van der Waals surface area contributed by atoms with Gasteiger partial charge in [0.15, 0.2) is 11.5 Å². The van der Waals surface area contributed by atoms with Gasteiger partial charge in [-0.15, -0.1) is 5.10 Å². The lowest BCUT2D eigenvalue weighted by Crippen LogP contribution is -2.15. The topological polar surface area (TPSA) is 77.8 Å². The number of nitrogens with one attached hydrogen (secondary N) is 1. The molecule has 7 nitrogen and oxygen atoms in total. The zero-order chi connectivity index (χ0) is 19.1. The Morgan fingerprint density at radius 1 is 1.11 bits per heavy atom. The van der Waals surface area contributed by atoms with Gasteiger partial charge in [-0.25, -0.2) is 4.98 Å². The van der Waals surface area contributed by atoms with Gasteiger partial charge in [0.05, 0.1) is 25.1 Å². The van der Waals surface area contributed by atoms with Gasteiger partial charge >= 0.3 is 0 Å². The first-order chi connectivity index (χ1) is 13.0. The van der Waals surface area contributed by atoms with Crippen LogP contribution in [-0.2, 0) is 0 Å². The summed E-state index contributed by atoms with van der Waals surface area (Å²) in [6.07, 6.45) is 0. The van der Waals surface area contributed by atoms with E-state index in [0.29, 0.717) is 32.5 Å². The van der Waals surface area contributed by atoms with Crippen LogP contribution in [0, 0.1) is 13.8 Å². The molecule has 0 fully saturated rings. The Bertz CT molecular complexity index is 1230. The van der Waals surface area contributed by atoms with Crippen LogP contribution in [0.4, 0.5) is 10.8 Å². The second-order valence-electron chi connectivity index (χ2n) is 6.12. The molecule has 2 heterocycles. The number of aromatic nitrogens is 3. The van der Waals surface area contributed by atoms with Crippen LogP contribution >= 0.6 is 11.3 Å². The van der Waals surface area contributed by atoms with Gasteiger partial charge in [0.2, 0.25) is 10.1 Å². The van der Waals surface area contributed by atoms with Gasteiger partial charge < -0.3 is 14.8 Å². The average molecular weight is 382 g/mol. The summed E-state index contributed by atoms with van der Waals surface area (Å²) in [6, 6.07) is 9.35. The number of nitrogens with zero attached hydrogens (tertiary/aromatic N) is 3. The molecule has 27 heavy (non-hydrogen) atoms. The highest BCUT2D eigenvalue weighted by Gasteiger charge is 2.15. The molecule has 0 amide bonds. The van der Waals surface area contributed by atoms with Crippen LogP contribution in [0.15, 0.2) is 35.1 Å². The molecule has 0 spiro atoms. The number of methoxy groups -OCH3 is 2. The summed E-state index contributed by atoms with van der Waals surface area (Å²) >= 11 is 1.32. The highest BCUT2D eigenvalue weighted by molar-refractivity contribution is 7.20. The van der Waals surface area contributed by atoms with Crippen molar-refractivity contribution in [1.29, 1.82) is 0 Å². The van der Waals surface area contributed by atoms with Crippen molar-refractivity contribution in [1.82, 2.24) is 14.6 Å². The lowest BCUT2D eigenvalue weighted by Gasteiger charge is -2.08. The van der Waals surface area contributed by atoms with Crippen molar-refractivity contribution in [2.24, 2.45) is 0 Å². The Kier molecular flexibility index (Phi) is 4.19. The fourth-order valence-electron chi connectivity index (χ4n) is 2.89. The molecule has 4 aromatic rings. The number of anilines is 2. The van der Waals surface area contributed by atoms with E-state index in [1.54, 1.807) is 19.2 Å². The van der Waals surface area contributed by atoms with E-state index in [1.807, 2.05) is 19.1 Å². The summed E-state index contributed by atoms with van der Waals surface area (Å²) in [5.41, 5.74) is 3.56. The predicted octanol–water partition coefficient (Wildman–Crippen LogP) is 3.68. The average Bonchev–Trinajstić information content (AvgIpc) is 3.07. The van der Waals surface area contributed by atoms with Gasteiger partial charge in [0.1, 0.15) is 0 Å². The number of hydrogen-bond acceptors (Lipinski definition) is 7. The molecule has 0 radical (unpaired) electrons. The van der Waals surface area contributed by atoms with E-state index < -0.39 is 0 Å². The van der Waals surface area contributed by atoms with Crippen LogP contribution in [0.3, 0.4) is 0 Å². The number of benzene rings is 2. The van der Waals surface area contributed by atoms with Crippen molar-refractivity contribution in [2.75, 3.05) is 19.5 Å². The van der Waals surface area contributed by atoms with Gasteiger partial charge in [-0.2, -0.15) is 4.52 Å². The van der Waals surface area contributed by atoms with Crippen molar-refractivity contribution in [3.63, 3.8) is 0 Å². The molecule has 0 bridgehead atoms. The van der Waals surface area contributed by atoms with Gasteiger partial charge in [0, 0.05) is 11.8 Å². The van der Waals surface area contributed by atoms with E-state index >= 15 is 0 Å². The molecule has 0 aliphatic carbocycles. The maximum atomic E-state index is 12.9. The second-order valence-corrected chi connectivity index (χ2v) is 7.07. The minimum Gasteiger partial charge on any atom is -0.493 e. The summed E-state index contributed by atoms with van der Waals surface area (Å²) in [6.45, 7) is 4.10. The van der Waals surface area contributed by atoms with Gasteiger partial charge in [-0.3, -0.25) is 4.79 Å². The molecular weight excluding hydrogens is 364 g/mol. The first-order valence-corrected chi connectivity index (χ1v) is 9.12. The lowest BCUT2D eigenvalue weighted by molar-refractivity contribution is 0.355. The molecule has 1 N–H and O–H groups in total. The normalized spacial score (nSPS) is 11.1. The Morgan fingerprint density at radius 3 is 2.59 bits per heavy atom. The molecule has 0 saturated heterocycles. The number of fused-ring (bicyclic) bond motifs is 2. The second kappa shape index (κ2) is 6.55. The van der Waals surface area contributed by atoms with E-state index in [4.69, 9.17) is 9.47 Å². The standard InChI is InChI=1S/C19H18N4O3S/c1-10-6-5-7-13(11(10)2)20-18-22-23-17(24)12-8-15(25-3)16(26-4)9-14(12)21-19(23)27-18/h5-9H,1-4H3,(H,20,22). The van der Waals surface area contributed by atoms with E-state index in [0.717, 1.165) is 11.3 Å². The minimum absolute atomic E-state index is 0.249. The summed E-state index contributed by atoms with van der Waals surface area (Å²) in [5, 5.41) is 8.72. The third-order valence-electron chi connectivity index (χ3n) is 4.55. The number of rotatable bonds is 4. The fourth-order valence-corrected chi connectivity index (χ4v) is 3.70. The van der Waals surface area contributed by atoms with Crippen LogP contribution in [0.5, 0.6) is 11.5 Å².